The molecule has 0 spiro atoms. The molecule has 0 radical (unpaired) electrons. The molecule has 0 aromatic carbocycles. The molecule has 0 bridgehead atoms. The zero-order valence-corrected chi connectivity index (χ0v) is 15.9. The van der Waals surface area contributed by atoms with E-state index in [4.69, 9.17) is 4.74 Å². The Kier molecular flexibility index (Phi) is 6.33. The van der Waals surface area contributed by atoms with Crippen LogP contribution < -0.4 is 0 Å². The number of rotatable bonds is 6. The second kappa shape index (κ2) is 7.85. The lowest BCUT2D eigenvalue weighted by molar-refractivity contribution is -0.135. The van der Waals surface area contributed by atoms with E-state index in [-0.39, 0.29) is 5.97 Å². The Labute approximate surface area is 143 Å². The molecular weight excluding hydrogens is 284 g/mol. The Morgan fingerprint density at radius 3 is 2.70 bits per heavy atom. The molecule has 2 saturated carbocycles. The maximum Gasteiger partial charge on any atom is 0.330 e. The molecule has 0 amide bonds. The molecule has 4 atom stereocenters. The van der Waals surface area contributed by atoms with E-state index in [0.29, 0.717) is 11.3 Å². The molecular formula is C21H36O2. The number of esters is 1. The van der Waals surface area contributed by atoms with Crippen LogP contribution in [0.5, 0.6) is 0 Å². The molecule has 1 unspecified atom stereocenters. The summed E-state index contributed by atoms with van der Waals surface area (Å²) in [5, 5.41) is 0. The van der Waals surface area contributed by atoms with Crippen molar-refractivity contribution in [3.05, 3.63) is 11.6 Å². The number of hydrogen-bond donors (Lipinski definition) is 0. The average Bonchev–Trinajstić information content (AvgIpc) is 2.84. The van der Waals surface area contributed by atoms with E-state index >= 15 is 0 Å². The summed E-state index contributed by atoms with van der Waals surface area (Å²) < 4.78 is 4.87. The number of allylic oxidation sites excluding steroid dienone is 1. The quantitative estimate of drug-likeness (QED) is 0.459. The van der Waals surface area contributed by atoms with Crippen molar-refractivity contribution in [1.29, 1.82) is 0 Å². The van der Waals surface area contributed by atoms with Gasteiger partial charge in [-0.15, -0.1) is 0 Å². The third-order valence-corrected chi connectivity index (χ3v) is 6.67. The first kappa shape index (κ1) is 18.5. The maximum atomic E-state index is 11.7. The first-order valence-electron chi connectivity index (χ1n) is 9.67. The van der Waals surface area contributed by atoms with Crippen molar-refractivity contribution in [2.24, 2.45) is 29.1 Å². The third kappa shape index (κ3) is 4.19. The lowest BCUT2D eigenvalue weighted by atomic mass is 9.60. The standard InChI is InChI=1S/C21H36O2/c1-15(2)8-6-9-16(3)18-11-12-19-17(14-20(22)23-5)10-7-13-21(18,19)4/h14-16,18-19H,6-13H2,1-5H3/b17-14-/t16-,18-,19?,21-/m1/s1. The Hall–Kier alpha value is -0.790. The molecule has 2 rings (SSSR count). The third-order valence-electron chi connectivity index (χ3n) is 6.67. The van der Waals surface area contributed by atoms with Crippen LogP contribution in [0.15, 0.2) is 11.6 Å². The SMILES string of the molecule is COC(=O)/C=C1/CCC[C@@]2(C)C1CC[C@@H]2[C@H](C)CCCC(C)C. The van der Waals surface area contributed by atoms with Crippen LogP contribution in [-0.2, 0) is 9.53 Å². The van der Waals surface area contributed by atoms with Crippen LogP contribution in [0.25, 0.3) is 0 Å². The van der Waals surface area contributed by atoms with Gasteiger partial charge in [0, 0.05) is 6.08 Å². The molecule has 0 aliphatic heterocycles. The second-order valence-electron chi connectivity index (χ2n) is 8.64. The van der Waals surface area contributed by atoms with Crippen molar-refractivity contribution < 1.29 is 9.53 Å². The van der Waals surface area contributed by atoms with Gasteiger partial charge in [0.15, 0.2) is 0 Å². The highest BCUT2D eigenvalue weighted by Crippen LogP contribution is 2.59. The fourth-order valence-electron chi connectivity index (χ4n) is 5.45. The number of carbonyl (C=O) groups is 1. The van der Waals surface area contributed by atoms with Gasteiger partial charge in [-0.2, -0.15) is 0 Å². The first-order valence-corrected chi connectivity index (χ1v) is 9.67. The fourth-order valence-corrected chi connectivity index (χ4v) is 5.45. The summed E-state index contributed by atoms with van der Waals surface area (Å²) in [6.07, 6.45) is 12.1. The van der Waals surface area contributed by atoms with Crippen LogP contribution in [-0.4, -0.2) is 13.1 Å². The highest BCUT2D eigenvalue weighted by molar-refractivity contribution is 5.82. The van der Waals surface area contributed by atoms with Crippen LogP contribution in [0.1, 0.15) is 79.1 Å². The topological polar surface area (TPSA) is 26.3 Å². The zero-order chi connectivity index (χ0) is 17.0. The van der Waals surface area contributed by atoms with Crippen molar-refractivity contribution in [2.45, 2.75) is 79.1 Å². The fraction of sp³-hybridized carbons (Fsp3) is 0.857. The minimum absolute atomic E-state index is 0.169. The van der Waals surface area contributed by atoms with Crippen LogP contribution >= 0.6 is 0 Å². The number of ether oxygens (including phenoxy) is 1. The second-order valence-corrected chi connectivity index (χ2v) is 8.64. The number of fused-ring (bicyclic) bond motifs is 1. The molecule has 2 aliphatic rings. The van der Waals surface area contributed by atoms with Gasteiger partial charge in [-0.25, -0.2) is 4.79 Å². The van der Waals surface area contributed by atoms with Gasteiger partial charge < -0.3 is 4.74 Å². The summed E-state index contributed by atoms with van der Waals surface area (Å²) in [5.74, 6) is 2.88. The van der Waals surface area contributed by atoms with Gasteiger partial charge in [-0.05, 0) is 61.2 Å². The van der Waals surface area contributed by atoms with Gasteiger partial charge in [0.05, 0.1) is 7.11 Å². The van der Waals surface area contributed by atoms with E-state index in [9.17, 15) is 4.79 Å². The van der Waals surface area contributed by atoms with Crippen LogP contribution in [0.3, 0.4) is 0 Å². The molecule has 2 aliphatic carbocycles. The maximum absolute atomic E-state index is 11.7. The van der Waals surface area contributed by atoms with Gasteiger partial charge in [0.2, 0.25) is 0 Å². The highest BCUT2D eigenvalue weighted by Gasteiger charge is 2.50. The summed E-state index contributed by atoms with van der Waals surface area (Å²) in [6.45, 7) is 9.61. The van der Waals surface area contributed by atoms with E-state index in [1.54, 1.807) is 6.08 Å². The van der Waals surface area contributed by atoms with Crippen LogP contribution in [0, 0.1) is 29.1 Å². The van der Waals surface area contributed by atoms with E-state index in [2.05, 4.69) is 27.7 Å². The zero-order valence-electron chi connectivity index (χ0n) is 15.9. The molecule has 0 aromatic rings. The summed E-state index contributed by atoms with van der Waals surface area (Å²) >= 11 is 0. The van der Waals surface area contributed by atoms with E-state index in [0.717, 1.165) is 24.2 Å². The van der Waals surface area contributed by atoms with Crippen molar-refractivity contribution in [1.82, 2.24) is 0 Å². The minimum atomic E-state index is -0.169. The molecule has 2 heteroatoms. The number of methoxy groups -OCH3 is 1. The lowest BCUT2D eigenvalue weighted by Crippen LogP contribution is -2.36. The average molecular weight is 321 g/mol. The Bertz CT molecular complexity index is 437. The molecule has 2 fully saturated rings. The summed E-state index contributed by atoms with van der Waals surface area (Å²) in [4.78, 5) is 11.7. The van der Waals surface area contributed by atoms with Gasteiger partial charge in [0.1, 0.15) is 0 Å². The van der Waals surface area contributed by atoms with Crippen molar-refractivity contribution >= 4 is 5.97 Å². The van der Waals surface area contributed by atoms with E-state index in [1.165, 1.54) is 57.6 Å². The van der Waals surface area contributed by atoms with Gasteiger partial charge in [0.25, 0.3) is 0 Å². The Balaban J connectivity index is 2.05. The van der Waals surface area contributed by atoms with E-state index in [1.807, 2.05) is 0 Å². The molecule has 0 saturated heterocycles. The monoisotopic (exact) mass is 320 g/mol. The molecule has 132 valence electrons. The predicted octanol–water partition coefficient (Wildman–Crippen LogP) is 5.76. The smallest absolute Gasteiger partial charge is 0.330 e. The molecule has 0 heterocycles. The predicted molar refractivity (Wildman–Crippen MR) is 96.1 cm³/mol. The van der Waals surface area contributed by atoms with Crippen molar-refractivity contribution in [3.63, 3.8) is 0 Å². The lowest BCUT2D eigenvalue weighted by Gasteiger charge is -2.44. The van der Waals surface area contributed by atoms with Crippen LogP contribution in [0.4, 0.5) is 0 Å². The van der Waals surface area contributed by atoms with Crippen molar-refractivity contribution in [3.8, 4) is 0 Å². The largest absolute Gasteiger partial charge is 0.466 e. The van der Waals surface area contributed by atoms with Crippen LogP contribution in [0.2, 0.25) is 0 Å². The molecule has 0 N–H and O–H groups in total. The molecule has 0 aromatic heterocycles. The molecule has 23 heavy (non-hydrogen) atoms. The van der Waals surface area contributed by atoms with E-state index < -0.39 is 0 Å². The highest BCUT2D eigenvalue weighted by atomic mass is 16.5. The summed E-state index contributed by atoms with van der Waals surface area (Å²) in [6, 6.07) is 0. The molecule has 2 nitrogen and oxygen atoms in total. The summed E-state index contributed by atoms with van der Waals surface area (Å²) in [5.41, 5.74) is 1.76. The van der Waals surface area contributed by atoms with Crippen molar-refractivity contribution in [2.75, 3.05) is 7.11 Å². The first-order chi connectivity index (χ1) is 10.9. The van der Waals surface area contributed by atoms with Gasteiger partial charge in [-0.1, -0.05) is 52.5 Å². The minimum Gasteiger partial charge on any atom is -0.466 e. The van der Waals surface area contributed by atoms with Gasteiger partial charge in [-0.3, -0.25) is 0 Å². The number of hydrogen-bond acceptors (Lipinski definition) is 2. The Morgan fingerprint density at radius 2 is 2.04 bits per heavy atom. The number of carbonyl (C=O) groups excluding carboxylic acids is 1. The normalized spacial score (nSPS) is 33.7. The van der Waals surface area contributed by atoms with Gasteiger partial charge >= 0.3 is 5.97 Å². The Morgan fingerprint density at radius 1 is 1.30 bits per heavy atom. The summed E-state index contributed by atoms with van der Waals surface area (Å²) in [7, 11) is 1.48.